The van der Waals surface area contributed by atoms with E-state index in [-0.39, 0.29) is 12.4 Å². The molecule has 19 heavy (non-hydrogen) atoms. The summed E-state index contributed by atoms with van der Waals surface area (Å²) in [5.74, 6) is 0.775. The summed E-state index contributed by atoms with van der Waals surface area (Å²) >= 11 is 0. The summed E-state index contributed by atoms with van der Waals surface area (Å²) in [6.45, 7) is 4.98. The number of rotatable bonds is 5. The Hall–Kier alpha value is -1.09. The number of ether oxygens (including phenoxy) is 1. The van der Waals surface area contributed by atoms with Crippen LogP contribution in [0.15, 0.2) is 6.07 Å². The number of nitrogens with zero attached hydrogens (tertiary/aromatic N) is 1. The van der Waals surface area contributed by atoms with Gasteiger partial charge in [-0.1, -0.05) is 19.3 Å². The van der Waals surface area contributed by atoms with Crippen LogP contribution in [0.1, 0.15) is 53.8 Å². The van der Waals surface area contributed by atoms with Crippen molar-refractivity contribution < 1.29 is 9.53 Å². The molecule has 1 heterocycles. The molecular formula is C16H25NO2. The van der Waals surface area contributed by atoms with E-state index in [2.05, 4.69) is 0 Å². The highest BCUT2D eigenvalue weighted by atomic mass is 16.5. The third-order valence-electron chi connectivity index (χ3n) is 4.39. The zero-order valence-corrected chi connectivity index (χ0v) is 12.4. The quantitative estimate of drug-likeness (QED) is 0.762. The van der Waals surface area contributed by atoms with E-state index >= 15 is 0 Å². The molecular weight excluding hydrogens is 238 g/mol. The molecule has 1 fully saturated rings. The summed E-state index contributed by atoms with van der Waals surface area (Å²) < 4.78 is 7.68. The maximum absolute atomic E-state index is 12.1. The van der Waals surface area contributed by atoms with Gasteiger partial charge in [-0.2, -0.15) is 0 Å². The molecule has 0 spiro atoms. The average molecular weight is 263 g/mol. The number of aromatic nitrogens is 1. The Morgan fingerprint density at radius 1 is 1.32 bits per heavy atom. The van der Waals surface area contributed by atoms with Crippen molar-refractivity contribution in [3.8, 4) is 0 Å². The van der Waals surface area contributed by atoms with Gasteiger partial charge in [-0.05, 0) is 38.7 Å². The van der Waals surface area contributed by atoms with E-state index in [1.165, 1.54) is 32.1 Å². The average Bonchev–Trinajstić information content (AvgIpc) is 2.68. The van der Waals surface area contributed by atoms with Gasteiger partial charge in [-0.3, -0.25) is 4.79 Å². The van der Waals surface area contributed by atoms with Crippen LogP contribution in [0.3, 0.4) is 0 Å². The lowest BCUT2D eigenvalue weighted by Crippen LogP contribution is -2.17. The van der Waals surface area contributed by atoms with Crippen molar-refractivity contribution in [3.05, 3.63) is 23.0 Å². The standard InChI is InChI=1S/C16H25NO2/c1-12-9-15(13(2)17(12)3)16(18)11-19-10-14-7-5-4-6-8-14/h9,14H,4-8,10-11H2,1-3H3. The van der Waals surface area contributed by atoms with Gasteiger partial charge in [0.05, 0.1) is 6.61 Å². The highest BCUT2D eigenvalue weighted by molar-refractivity contribution is 5.98. The van der Waals surface area contributed by atoms with Crippen LogP contribution in [0.25, 0.3) is 0 Å². The monoisotopic (exact) mass is 263 g/mol. The van der Waals surface area contributed by atoms with Crippen LogP contribution in [0, 0.1) is 19.8 Å². The largest absolute Gasteiger partial charge is 0.373 e. The molecule has 3 nitrogen and oxygen atoms in total. The highest BCUT2D eigenvalue weighted by Gasteiger charge is 2.16. The van der Waals surface area contributed by atoms with E-state index in [0.717, 1.165) is 23.6 Å². The smallest absolute Gasteiger partial charge is 0.190 e. The first-order chi connectivity index (χ1) is 9.09. The normalized spacial score (nSPS) is 16.8. The molecule has 2 rings (SSSR count). The first-order valence-corrected chi connectivity index (χ1v) is 7.33. The van der Waals surface area contributed by atoms with E-state index < -0.39 is 0 Å². The van der Waals surface area contributed by atoms with Gasteiger partial charge >= 0.3 is 0 Å². The van der Waals surface area contributed by atoms with Gasteiger partial charge in [0.15, 0.2) is 5.78 Å². The third kappa shape index (κ3) is 3.47. The molecule has 0 aromatic carbocycles. The molecule has 1 aromatic rings. The van der Waals surface area contributed by atoms with Crippen LogP contribution in [-0.4, -0.2) is 23.6 Å². The van der Waals surface area contributed by atoms with Gasteiger partial charge in [-0.15, -0.1) is 0 Å². The number of hydrogen-bond acceptors (Lipinski definition) is 2. The van der Waals surface area contributed by atoms with Crippen LogP contribution < -0.4 is 0 Å². The molecule has 0 radical (unpaired) electrons. The lowest BCUT2D eigenvalue weighted by molar-refractivity contribution is 0.0628. The Morgan fingerprint density at radius 3 is 2.58 bits per heavy atom. The molecule has 0 bridgehead atoms. The Labute approximate surface area is 115 Å². The van der Waals surface area contributed by atoms with E-state index in [4.69, 9.17) is 4.74 Å². The summed E-state index contributed by atoms with van der Waals surface area (Å²) in [7, 11) is 1.99. The van der Waals surface area contributed by atoms with Crippen molar-refractivity contribution in [2.45, 2.75) is 46.0 Å². The zero-order chi connectivity index (χ0) is 13.8. The fraction of sp³-hybridized carbons (Fsp3) is 0.688. The molecule has 1 saturated carbocycles. The topological polar surface area (TPSA) is 31.2 Å². The molecule has 0 aliphatic heterocycles. The fourth-order valence-electron chi connectivity index (χ4n) is 2.89. The first kappa shape index (κ1) is 14.3. The lowest BCUT2D eigenvalue weighted by atomic mass is 9.90. The lowest BCUT2D eigenvalue weighted by Gasteiger charge is -2.21. The van der Waals surface area contributed by atoms with Crippen LogP contribution in [0.2, 0.25) is 0 Å². The van der Waals surface area contributed by atoms with Crippen LogP contribution >= 0.6 is 0 Å². The van der Waals surface area contributed by atoms with Crippen molar-refractivity contribution in [1.82, 2.24) is 4.57 Å². The maximum atomic E-state index is 12.1. The predicted octanol–water partition coefficient (Wildman–Crippen LogP) is 3.42. The summed E-state index contributed by atoms with van der Waals surface area (Å²) in [6, 6.07) is 1.96. The Kier molecular flexibility index (Phi) is 4.81. The van der Waals surface area contributed by atoms with Gasteiger partial charge in [0, 0.05) is 24.0 Å². The minimum absolute atomic E-state index is 0.108. The number of carbonyl (C=O) groups is 1. The number of aryl methyl sites for hydroxylation is 1. The maximum Gasteiger partial charge on any atom is 0.190 e. The van der Waals surface area contributed by atoms with E-state index in [0.29, 0.717) is 5.92 Å². The summed E-state index contributed by atoms with van der Waals surface area (Å²) in [5, 5.41) is 0. The number of Topliss-reactive ketones (excluding diaryl/α,β-unsaturated/α-hetero) is 1. The Morgan fingerprint density at radius 2 is 2.00 bits per heavy atom. The molecule has 106 valence electrons. The molecule has 1 aliphatic rings. The van der Waals surface area contributed by atoms with Crippen molar-refractivity contribution in [3.63, 3.8) is 0 Å². The molecule has 0 atom stereocenters. The highest BCUT2D eigenvalue weighted by Crippen LogP contribution is 2.23. The molecule has 3 heteroatoms. The van der Waals surface area contributed by atoms with Crippen molar-refractivity contribution >= 4 is 5.78 Å². The molecule has 0 amide bonds. The van der Waals surface area contributed by atoms with Crippen molar-refractivity contribution in [2.24, 2.45) is 13.0 Å². The van der Waals surface area contributed by atoms with Gasteiger partial charge in [-0.25, -0.2) is 0 Å². The van der Waals surface area contributed by atoms with Gasteiger partial charge < -0.3 is 9.30 Å². The van der Waals surface area contributed by atoms with E-state index in [1.54, 1.807) is 0 Å². The fourth-order valence-corrected chi connectivity index (χ4v) is 2.89. The second-order valence-corrected chi connectivity index (χ2v) is 5.79. The van der Waals surface area contributed by atoms with Crippen molar-refractivity contribution in [2.75, 3.05) is 13.2 Å². The summed E-state index contributed by atoms with van der Waals surface area (Å²) in [5.41, 5.74) is 2.96. The molecule has 1 aromatic heterocycles. The van der Waals surface area contributed by atoms with Crippen molar-refractivity contribution in [1.29, 1.82) is 0 Å². The van der Waals surface area contributed by atoms with E-state index in [9.17, 15) is 4.79 Å². The zero-order valence-electron chi connectivity index (χ0n) is 12.4. The van der Waals surface area contributed by atoms with Gasteiger partial charge in [0.1, 0.15) is 6.61 Å². The number of ketones is 1. The Bertz CT molecular complexity index is 442. The number of carbonyl (C=O) groups excluding carboxylic acids is 1. The van der Waals surface area contributed by atoms with Gasteiger partial charge in [0.2, 0.25) is 0 Å². The van der Waals surface area contributed by atoms with E-state index in [1.807, 2.05) is 31.5 Å². The SMILES string of the molecule is Cc1cc(C(=O)COCC2CCCCC2)c(C)n1C. The second-order valence-electron chi connectivity index (χ2n) is 5.79. The van der Waals surface area contributed by atoms with Crippen LogP contribution in [-0.2, 0) is 11.8 Å². The number of hydrogen-bond donors (Lipinski definition) is 0. The predicted molar refractivity (Wildman–Crippen MR) is 76.6 cm³/mol. The first-order valence-electron chi connectivity index (χ1n) is 7.33. The molecule has 0 N–H and O–H groups in total. The molecule has 1 aliphatic carbocycles. The minimum Gasteiger partial charge on any atom is -0.373 e. The van der Waals surface area contributed by atoms with Crippen LogP contribution in [0.4, 0.5) is 0 Å². The third-order valence-corrected chi connectivity index (χ3v) is 4.39. The minimum atomic E-state index is 0.108. The van der Waals surface area contributed by atoms with Gasteiger partial charge in [0.25, 0.3) is 0 Å². The molecule has 0 saturated heterocycles. The Balaban J connectivity index is 1.82. The molecule has 0 unspecified atom stereocenters. The summed E-state index contributed by atoms with van der Waals surface area (Å²) in [6.07, 6.45) is 6.52. The summed E-state index contributed by atoms with van der Waals surface area (Å²) in [4.78, 5) is 12.1. The second kappa shape index (κ2) is 6.38. The van der Waals surface area contributed by atoms with Crippen LogP contribution in [0.5, 0.6) is 0 Å².